The van der Waals surface area contributed by atoms with Crippen molar-refractivity contribution in [3.8, 4) is 0 Å². The maximum Gasteiger partial charge on any atom is 0.161 e. The number of benzene rings is 1. The minimum atomic E-state index is 0.109. The van der Waals surface area contributed by atoms with Crippen LogP contribution in [0.2, 0.25) is 0 Å². The third-order valence-corrected chi connectivity index (χ3v) is 3.46. The number of anilines is 1. The fourth-order valence-electron chi connectivity index (χ4n) is 1.61. The average molecular weight is 284 g/mol. The molecule has 1 aromatic carbocycles. The van der Waals surface area contributed by atoms with Gasteiger partial charge < -0.3 is 4.90 Å². The van der Waals surface area contributed by atoms with Crippen LogP contribution in [0.4, 0.5) is 5.69 Å². The molecule has 0 aliphatic carbocycles. The van der Waals surface area contributed by atoms with Crippen molar-refractivity contribution in [2.75, 3.05) is 11.9 Å². The Morgan fingerprint density at radius 2 is 2.12 bits per heavy atom. The number of rotatable bonds is 4. The van der Waals surface area contributed by atoms with Gasteiger partial charge in [0.05, 0.1) is 0 Å². The van der Waals surface area contributed by atoms with E-state index >= 15 is 0 Å². The summed E-state index contributed by atoms with van der Waals surface area (Å²) in [5, 5.41) is 0. The second kappa shape index (κ2) is 5.48. The first kappa shape index (κ1) is 13.2. The molecule has 0 aliphatic heterocycles. The normalized spacial score (nSPS) is 12.3. The van der Waals surface area contributed by atoms with Crippen molar-refractivity contribution in [2.24, 2.45) is 0 Å². The van der Waals surface area contributed by atoms with Crippen molar-refractivity contribution >= 4 is 27.4 Å². The highest BCUT2D eigenvalue weighted by Crippen LogP contribution is 2.26. The molecule has 1 atom stereocenters. The highest BCUT2D eigenvalue weighted by Gasteiger charge is 2.14. The number of carbonyl (C=O) groups is 1. The van der Waals surface area contributed by atoms with Crippen molar-refractivity contribution < 1.29 is 4.79 Å². The molecule has 0 amide bonds. The summed E-state index contributed by atoms with van der Waals surface area (Å²) >= 11 is 3.45. The van der Waals surface area contributed by atoms with Crippen LogP contribution in [0.3, 0.4) is 0 Å². The highest BCUT2D eigenvalue weighted by molar-refractivity contribution is 9.10. The van der Waals surface area contributed by atoms with Gasteiger partial charge in [-0.1, -0.05) is 22.9 Å². The van der Waals surface area contributed by atoms with E-state index in [4.69, 9.17) is 0 Å². The number of carbonyl (C=O) groups excluding carboxylic acids is 1. The van der Waals surface area contributed by atoms with Gasteiger partial charge in [-0.15, -0.1) is 0 Å². The maximum absolute atomic E-state index is 11.6. The molecule has 2 nitrogen and oxygen atoms in total. The Morgan fingerprint density at radius 3 is 2.62 bits per heavy atom. The van der Waals surface area contributed by atoms with Crippen molar-refractivity contribution in [3.05, 3.63) is 28.2 Å². The molecule has 0 saturated heterocycles. The summed E-state index contributed by atoms with van der Waals surface area (Å²) in [6.45, 7) is 5.91. The van der Waals surface area contributed by atoms with Crippen LogP contribution in [-0.4, -0.2) is 18.9 Å². The lowest BCUT2D eigenvalue weighted by Crippen LogP contribution is -2.29. The summed E-state index contributed by atoms with van der Waals surface area (Å²) in [4.78, 5) is 13.7. The Kier molecular flexibility index (Phi) is 4.54. The zero-order valence-electron chi connectivity index (χ0n) is 10.2. The topological polar surface area (TPSA) is 20.3 Å². The molecule has 0 N–H and O–H groups in total. The summed E-state index contributed by atoms with van der Waals surface area (Å²) in [6, 6.07) is 6.21. The minimum absolute atomic E-state index is 0.109. The molecule has 0 aromatic heterocycles. The Bertz CT molecular complexity index is 390. The molecule has 1 aromatic rings. The first-order chi connectivity index (χ1) is 7.47. The van der Waals surface area contributed by atoms with E-state index in [2.05, 4.69) is 34.7 Å². The quantitative estimate of drug-likeness (QED) is 0.782. The summed E-state index contributed by atoms with van der Waals surface area (Å²) in [6.07, 6.45) is 1.06. The van der Waals surface area contributed by atoms with E-state index in [1.54, 1.807) is 6.92 Å². The Labute approximate surface area is 106 Å². The molecule has 0 saturated carbocycles. The van der Waals surface area contributed by atoms with Crippen molar-refractivity contribution in [2.45, 2.75) is 33.2 Å². The number of nitrogens with zero attached hydrogens (tertiary/aromatic N) is 1. The number of hydrogen-bond acceptors (Lipinski definition) is 2. The molecule has 3 heteroatoms. The molecule has 0 aliphatic rings. The fourth-order valence-corrected chi connectivity index (χ4v) is 1.95. The van der Waals surface area contributed by atoms with Gasteiger partial charge in [0.15, 0.2) is 5.78 Å². The zero-order chi connectivity index (χ0) is 12.3. The summed E-state index contributed by atoms with van der Waals surface area (Å²) < 4.78 is 1.00. The Morgan fingerprint density at radius 1 is 1.50 bits per heavy atom. The fraction of sp³-hybridized carbons (Fsp3) is 0.462. The number of ketones is 1. The second-order valence-electron chi connectivity index (χ2n) is 4.09. The first-order valence-electron chi connectivity index (χ1n) is 5.50. The van der Waals surface area contributed by atoms with E-state index < -0.39 is 0 Å². The van der Waals surface area contributed by atoms with Gasteiger partial charge >= 0.3 is 0 Å². The number of halogens is 1. The average Bonchev–Trinajstić information content (AvgIpc) is 2.26. The van der Waals surface area contributed by atoms with Gasteiger partial charge in [-0.25, -0.2) is 0 Å². The SMILES string of the molecule is CCC(C)N(C)c1cc(Br)ccc1C(C)=O. The molecule has 1 unspecified atom stereocenters. The third kappa shape index (κ3) is 2.85. The van der Waals surface area contributed by atoms with Crippen LogP contribution in [0.1, 0.15) is 37.6 Å². The summed E-state index contributed by atoms with van der Waals surface area (Å²) in [5.74, 6) is 0.109. The molecule has 0 heterocycles. The predicted octanol–water partition coefficient (Wildman–Crippen LogP) is 3.89. The molecular weight excluding hydrogens is 266 g/mol. The molecule has 0 fully saturated rings. The molecule has 88 valence electrons. The smallest absolute Gasteiger partial charge is 0.161 e. The maximum atomic E-state index is 11.6. The van der Waals surface area contributed by atoms with Crippen molar-refractivity contribution in [1.82, 2.24) is 0 Å². The number of Topliss-reactive ketones (excluding diaryl/α,β-unsaturated/α-hetero) is 1. The van der Waals surface area contributed by atoms with E-state index in [0.29, 0.717) is 6.04 Å². The summed E-state index contributed by atoms with van der Waals surface area (Å²) in [7, 11) is 2.03. The molecule has 0 bridgehead atoms. The zero-order valence-corrected chi connectivity index (χ0v) is 11.8. The predicted molar refractivity (Wildman–Crippen MR) is 72.3 cm³/mol. The van der Waals surface area contributed by atoms with Gasteiger partial charge in [-0.05, 0) is 38.5 Å². The number of hydrogen-bond donors (Lipinski definition) is 0. The van der Waals surface area contributed by atoms with E-state index in [9.17, 15) is 4.79 Å². The molecule has 16 heavy (non-hydrogen) atoms. The Balaban J connectivity index is 3.19. The van der Waals surface area contributed by atoms with E-state index in [1.165, 1.54) is 0 Å². The van der Waals surface area contributed by atoms with Crippen LogP contribution in [0.15, 0.2) is 22.7 Å². The van der Waals surface area contributed by atoms with Gasteiger partial charge in [0, 0.05) is 28.8 Å². The van der Waals surface area contributed by atoms with Gasteiger partial charge in [0.1, 0.15) is 0 Å². The van der Waals surface area contributed by atoms with Gasteiger partial charge in [0.25, 0.3) is 0 Å². The summed E-state index contributed by atoms with van der Waals surface area (Å²) in [5.41, 5.74) is 1.78. The van der Waals surface area contributed by atoms with Crippen LogP contribution >= 0.6 is 15.9 Å². The standard InChI is InChI=1S/C13H18BrNO/c1-5-9(2)15(4)13-8-11(14)6-7-12(13)10(3)16/h6-9H,5H2,1-4H3. The van der Waals surface area contributed by atoms with Crippen LogP contribution in [0.5, 0.6) is 0 Å². The molecular formula is C13H18BrNO. The Hall–Kier alpha value is -0.830. The second-order valence-corrected chi connectivity index (χ2v) is 5.00. The van der Waals surface area contributed by atoms with E-state index in [-0.39, 0.29) is 5.78 Å². The lowest BCUT2D eigenvalue weighted by molar-refractivity contribution is 0.101. The molecule has 0 spiro atoms. The van der Waals surface area contributed by atoms with Gasteiger partial charge in [0.2, 0.25) is 0 Å². The van der Waals surface area contributed by atoms with Crippen molar-refractivity contribution in [1.29, 1.82) is 0 Å². The van der Waals surface area contributed by atoms with Crippen LogP contribution < -0.4 is 4.90 Å². The van der Waals surface area contributed by atoms with Gasteiger partial charge in [-0.2, -0.15) is 0 Å². The van der Waals surface area contributed by atoms with Crippen LogP contribution in [0.25, 0.3) is 0 Å². The minimum Gasteiger partial charge on any atom is -0.371 e. The lowest BCUT2D eigenvalue weighted by atomic mass is 10.1. The van der Waals surface area contributed by atoms with Gasteiger partial charge in [-0.3, -0.25) is 4.79 Å². The highest BCUT2D eigenvalue weighted by atomic mass is 79.9. The van der Waals surface area contributed by atoms with E-state index in [1.807, 2.05) is 25.2 Å². The lowest BCUT2D eigenvalue weighted by Gasteiger charge is -2.28. The largest absolute Gasteiger partial charge is 0.371 e. The third-order valence-electron chi connectivity index (χ3n) is 2.97. The first-order valence-corrected chi connectivity index (χ1v) is 6.30. The van der Waals surface area contributed by atoms with Crippen LogP contribution in [-0.2, 0) is 0 Å². The van der Waals surface area contributed by atoms with Crippen molar-refractivity contribution in [3.63, 3.8) is 0 Å². The van der Waals surface area contributed by atoms with Crippen LogP contribution in [0, 0.1) is 0 Å². The monoisotopic (exact) mass is 283 g/mol. The molecule has 0 radical (unpaired) electrons. The molecule has 1 rings (SSSR count). The van der Waals surface area contributed by atoms with E-state index in [0.717, 1.165) is 22.1 Å².